The Hall–Kier alpha value is -0.710. The first kappa shape index (κ1) is 14.7. The summed E-state index contributed by atoms with van der Waals surface area (Å²) in [7, 11) is 0. The highest BCUT2D eigenvalue weighted by molar-refractivity contribution is 7.98. The molecule has 0 atom stereocenters. The largest absolute Gasteiger partial charge is 0.351 e. The van der Waals surface area contributed by atoms with E-state index in [1.807, 2.05) is 25.1 Å². The minimum atomic E-state index is -0.0632. The number of aryl methyl sites for hydroxylation is 1. The van der Waals surface area contributed by atoms with Crippen LogP contribution in [0.5, 0.6) is 0 Å². The Balaban J connectivity index is 2.18. The summed E-state index contributed by atoms with van der Waals surface area (Å²) in [4.78, 5) is 12.7. The summed E-state index contributed by atoms with van der Waals surface area (Å²) in [5.41, 5.74) is 1.11. The van der Waals surface area contributed by atoms with Gasteiger partial charge < -0.3 is 5.32 Å². The Morgan fingerprint density at radius 3 is 2.95 bits per heavy atom. The second-order valence-corrected chi connectivity index (χ2v) is 6.71. The molecule has 2 aromatic rings. The summed E-state index contributed by atoms with van der Waals surface area (Å²) in [6, 6.07) is 6.01. The van der Waals surface area contributed by atoms with Gasteiger partial charge in [0, 0.05) is 16.6 Å². The van der Waals surface area contributed by atoms with Crippen molar-refractivity contribution in [3.63, 3.8) is 0 Å². The highest BCUT2D eigenvalue weighted by Crippen LogP contribution is 2.37. The molecule has 1 aromatic carbocycles. The Morgan fingerprint density at radius 2 is 2.26 bits per heavy atom. The number of amides is 1. The average molecular weight is 314 g/mol. The number of thioether (sulfide) groups is 1. The van der Waals surface area contributed by atoms with Crippen molar-refractivity contribution in [3.05, 3.63) is 33.7 Å². The summed E-state index contributed by atoms with van der Waals surface area (Å²) < 4.78 is 1.07. The van der Waals surface area contributed by atoms with Crippen molar-refractivity contribution in [3.8, 4) is 0 Å². The zero-order chi connectivity index (χ0) is 13.8. The molecule has 5 heteroatoms. The molecular formula is C14H16ClNOS2. The van der Waals surface area contributed by atoms with Crippen LogP contribution in [0.1, 0.15) is 21.7 Å². The summed E-state index contributed by atoms with van der Waals surface area (Å²) in [6.45, 7) is 2.71. The second kappa shape index (κ2) is 6.64. The predicted octanol–water partition coefficient (Wildman–Crippen LogP) is 4.35. The lowest BCUT2D eigenvalue weighted by molar-refractivity contribution is 0.0958. The van der Waals surface area contributed by atoms with Crippen LogP contribution in [0.2, 0.25) is 5.02 Å². The molecule has 1 aromatic heterocycles. The number of hydrogen-bond acceptors (Lipinski definition) is 3. The maximum absolute atomic E-state index is 12.1. The smallest absolute Gasteiger partial charge is 0.262 e. The van der Waals surface area contributed by atoms with Crippen LogP contribution in [0.3, 0.4) is 0 Å². The molecule has 0 saturated carbocycles. The SMILES string of the molecule is CSCCCNC(=O)c1sc2cccc(C)c2c1Cl. The van der Waals surface area contributed by atoms with E-state index < -0.39 is 0 Å². The fraction of sp³-hybridized carbons (Fsp3) is 0.357. The number of hydrogen-bond donors (Lipinski definition) is 1. The fourth-order valence-corrected chi connectivity index (χ4v) is 3.95. The lowest BCUT2D eigenvalue weighted by Crippen LogP contribution is -2.24. The van der Waals surface area contributed by atoms with E-state index in [1.165, 1.54) is 11.3 Å². The number of carbonyl (C=O) groups excluding carboxylic acids is 1. The van der Waals surface area contributed by atoms with Gasteiger partial charge in [-0.2, -0.15) is 11.8 Å². The number of halogens is 1. The fourth-order valence-electron chi connectivity index (χ4n) is 1.92. The quantitative estimate of drug-likeness (QED) is 0.832. The van der Waals surface area contributed by atoms with E-state index in [4.69, 9.17) is 11.6 Å². The molecule has 0 aliphatic heterocycles. The van der Waals surface area contributed by atoms with Crippen LogP contribution < -0.4 is 5.32 Å². The van der Waals surface area contributed by atoms with E-state index in [0.717, 1.165) is 27.8 Å². The third kappa shape index (κ3) is 3.25. The standard InChI is InChI=1S/C14H16ClNOS2/c1-9-5-3-6-10-11(9)12(15)13(19-10)14(17)16-7-4-8-18-2/h3,5-6H,4,7-8H2,1-2H3,(H,16,17). The van der Waals surface area contributed by atoms with E-state index in [1.54, 1.807) is 11.8 Å². The van der Waals surface area contributed by atoms with E-state index in [-0.39, 0.29) is 5.91 Å². The molecule has 2 rings (SSSR count). The third-order valence-corrected chi connectivity index (χ3v) is 5.22. The predicted molar refractivity (Wildman–Crippen MR) is 86.9 cm³/mol. The van der Waals surface area contributed by atoms with Gasteiger partial charge in [0.25, 0.3) is 5.91 Å². The number of carbonyl (C=O) groups is 1. The molecule has 1 heterocycles. The average Bonchev–Trinajstić information content (AvgIpc) is 2.73. The van der Waals surface area contributed by atoms with Gasteiger partial charge in [0.2, 0.25) is 0 Å². The van der Waals surface area contributed by atoms with Crippen LogP contribution in [0.15, 0.2) is 18.2 Å². The van der Waals surface area contributed by atoms with Crippen LogP contribution in [-0.4, -0.2) is 24.5 Å². The van der Waals surface area contributed by atoms with Crippen molar-refractivity contribution in [2.45, 2.75) is 13.3 Å². The molecule has 0 radical (unpaired) electrons. The molecule has 2 nitrogen and oxygen atoms in total. The zero-order valence-corrected chi connectivity index (χ0v) is 13.3. The molecule has 0 spiro atoms. The number of thiophene rings is 1. The molecular weight excluding hydrogens is 298 g/mol. The second-order valence-electron chi connectivity index (χ2n) is 4.30. The van der Waals surface area contributed by atoms with Gasteiger partial charge in [-0.1, -0.05) is 23.7 Å². The Morgan fingerprint density at radius 1 is 1.47 bits per heavy atom. The van der Waals surface area contributed by atoms with Crippen molar-refractivity contribution < 1.29 is 4.79 Å². The Kier molecular flexibility index (Phi) is 5.13. The van der Waals surface area contributed by atoms with Gasteiger partial charge in [0.15, 0.2) is 0 Å². The molecule has 1 N–H and O–H groups in total. The van der Waals surface area contributed by atoms with E-state index in [2.05, 4.69) is 11.6 Å². The van der Waals surface area contributed by atoms with Crippen LogP contribution in [-0.2, 0) is 0 Å². The summed E-state index contributed by atoms with van der Waals surface area (Å²) in [6.07, 6.45) is 3.04. The molecule has 0 saturated heterocycles. The van der Waals surface area contributed by atoms with Crippen molar-refractivity contribution in [2.75, 3.05) is 18.6 Å². The van der Waals surface area contributed by atoms with E-state index >= 15 is 0 Å². The van der Waals surface area contributed by atoms with E-state index in [0.29, 0.717) is 16.4 Å². The number of fused-ring (bicyclic) bond motifs is 1. The molecule has 0 aliphatic carbocycles. The maximum Gasteiger partial charge on any atom is 0.262 e. The van der Waals surface area contributed by atoms with Crippen LogP contribution >= 0.6 is 34.7 Å². The molecule has 19 heavy (non-hydrogen) atoms. The monoisotopic (exact) mass is 313 g/mol. The first-order valence-electron chi connectivity index (χ1n) is 6.10. The Bertz CT molecular complexity index is 594. The van der Waals surface area contributed by atoms with E-state index in [9.17, 15) is 4.79 Å². The minimum Gasteiger partial charge on any atom is -0.351 e. The minimum absolute atomic E-state index is 0.0632. The molecule has 0 unspecified atom stereocenters. The van der Waals surface area contributed by atoms with Gasteiger partial charge in [0.1, 0.15) is 4.88 Å². The molecule has 102 valence electrons. The lowest BCUT2D eigenvalue weighted by atomic mass is 10.1. The maximum atomic E-state index is 12.1. The van der Waals surface area contributed by atoms with Crippen LogP contribution in [0.25, 0.3) is 10.1 Å². The summed E-state index contributed by atoms with van der Waals surface area (Å²) in [5, 5.41) is 4.52. The van der Waals surface area contributed by atoms with Crippen molar-refractivity contribution in [1.82, 2.24) is 5.32 Å². The first-order chi connectivity index (χ1) is 9.15. The van der Waals surface area contributed by atoms with Crippen molar-refractivity contribution in [2.24, 2.45) is 0 Å². The van der Waals surface area contributed by atoms with Crippen molar-refractivity contribution >= 4 is 50.7 Å². The molecule has 0 bridgehead atoms. The summed E-state index contributed by atoms with van der Waals surface area (Å²) >= 11 is 9.59. The van der Waals surface area contributed by atoms with Gasteiger partial charge >= 0.3 is 0 Å². The Labute approximate surface area is 126 Å². The molecule has 0 fully saturated rings. The van der Waals surface area contributed by atoms with Crippen LogP contribution in [0, 0.1) is 6.92 Å². The highest BCUT2D eigenvalue weighted by Gasteiger charge is 2.17. The summed E-state index contributed by atoms with van der Waals surface area (Å²) in [5.74, 6) is 0.992. The highest BCUT2D eigenvalue weighted by atomic mass is 35.5. The third-order valence-electron chi connectivity index (χ3n) is 2.88. The topological polar surface area (TPSA) is 29.1 Å². The van der Waals surface area contributed by atoms with Gasteiger partial charge in [-0.15, -0.1) is 11.3 Å². The molecule has 1 amide bonds. The first-order valence-corrected chi connectivity index (χ1v) is 8.68. The lowest BCUT2D eigenvalue weighted by Gasteiger charge is -2.03. The number of rotatable bonds is 5. The molecule has 0 aliphatic rings. The zero-order valence-electron chi connectivity index (χ0n) is 11.0. The van der Waals surface area contributed by atoms with Gasteiger partial charge in [-0.05, 0) is 37.0 Å². The van der Waals surface area contributed by atoms with Gasteiger partial charge in [0.05, 0.1) is 5.02 Å². The number of nitrogens with one attached hydrogen (secondary N) is 1. The normalized spacial score (nSPS) is 10.9. The van der Waals surface area contributed by atoms with Crippen molar-refractivity contribution in [1.29, 1.82) is 0 Å². The van der Waals surface area contributed by atoms with Gasteiger partial charge in [-0.3, -0.25) is 4.79 Å². The number of benzene rings is 1. The van der Waals surface area contributed by atoms with Crippen LogP contribution in [0.4, 0.5) is 0 Å². The van der Waals surface area contributed by atoms with Gasteiger partial charge in [-0.25, -0.2) is 0 Å².